The Hall–Kier alpha value is -2.38. The van der Waals surface area contributed by atoms with Gasteiger partial charge in [-0.2, -0.15) is 0 Å². The largest absolute Gasteiger partial charge is 0.491 e. The van der Waals surface area contributed by atoms with Crippen LogP contribution in [0.2, 0.25) is 0 Å². The Morgan fingerprint density at radius 2 is 2.06 bits per heavy atom. The monoisotopic (exact) mass is 472 g/mol. The van der Waals surface area contributed by atoms with Crippen molar-refractivity contribution in [1.29, 1.82) is 0 Å². The predicted molar refractivity (Wildman–Crippen MR) is 132 cm³/mol. The lowest BCUT2D eigenvalue weighted by Crippen LogP contribution is -2.49. The fourth-order valence-corrected chi connectivity index (χ4v) is 5.16. The van der Waals surface area contributed by atoms with E-state index in [9.17, 15) is 9.59 Å². The van der Waals surface area contributed by atoms with Gasteiger partial charge in [-0.15, -0.1) is 11.3 Å². The van der Waals surface area contributed by atoms with Gasteiger partial charge in [0, 0.05) is 25.1 Å². The maximum atomic E-state index is 13.5. The number of carbonyl (C=O) groups excluding carboxylic acids is 2. The van der Waals surface area contributed by atoms with Crippen molar-refractivity contribution in [2.24, 2.45) is 5.92 Å². The summed E-state index contributed by atoms with van der Waals surface area (Å²) in [5, 5.41) is 2.08. The molecule has 0 N–H and O–H groups in total. The molecular formula is C26H36N2O4S. The van der Waals surface area contributed by atoms with Crippen LogP contribution in [0, 0.1) is 19.8 Å². The molecular weight excluding hydrogens is 436 g/mol. The number of nitrogens with zero attached hydrogens (tertiary/aromatic N) is 2. The van der Waals surface area contributed by atoms with E-state index in [1.807, 2.05) is 24.0 Å². The molecule has 0 spiro atoms. The van der Waals surface area contributed by atoms with Gasteiger partial charge < -0.3 is 19.3 Å². The minimum absolute atomic E-state index is 0.0162. The molecule has 2 aromatic rings. The number of aryl methyl sites for hydroxylation is 2. The highest BCUT2D eigenvalue weighted by atomic mass is 32.1. The second-order valence-electron chi connectivity index (χ2n) is 8.95. The highest BCUT2D eigenvalue weighted by Gasteiger charge is 2.33. The molecule has 1 aromatic carbocycles. The molecule has 0 saturated heterocycles. The van der Waals surface area contributed by atoms with Gasteiger partial charge >= 0.3 is 0 Å². The lowest BCUT2D eigenvalue weighted by molar-refractivity contribution is -0.145. The number of hydrogen-bond donors (Lipinski definition) is 0. The van der Waals surface area contributed by atoms with E-state index in [1.54, 1.807) is 16.2 Å². The van der Waals surface area contributed by atoms with E-state index >= 15 is 0 Å². The number of carbonyl (C=O) groups is 2. The molecule has 1 aliphatic heterocycles. The Kier molecular flexibility index (Phi) is 8.92. The van der Waals surface area contributed by atoms with E-state index < -0.39 is 0 Å². The van der Waals surface area contributed by atoms with Crippen molar-refractivity contribution in [1.82, 2.24) is 9.80 Å². The molecule has 180 valence electrons. The maximum absolute atomic E-state index is 13.5. The van der Waals surface area contributed by atoms with Gasteiger partial charge in [0.25, 0.3) is 0 Å². The van der Waals surface area contributed by atoms with Crippen molar-refractivity contribution in [3.63, 3.8) is 0 Å². The van der Waals surface area contributed by atoms with Crippen LogP contribution in [-0.2, 0) is 20.7 Å². The molecule has 2 amide bonds. The van der Waals surface area contributed by atoms with E-state index in [0.29, 0.717) is 25.6 Å². The number of thiophene rings is 1. The molecule has 0 aliphatic carbocycles. The number of benzene rings is 1. The number of rotatable bonds is 10. The van der Waals surface area contributed by atoms with Gasteiger partial charge in [0.15, 0.2) is 0 Å². The van der Waals surface area contributed by atoms with Crippen molar-refractivity contribution >= 4 is 23.2 Å². The number of hydrogen-bond acceptors (Lipinski definition) is 5. The molecule has 2 heterocycles. The number of amides is 2. The van der Waals surface area contributed by atoms with Crippen molar-refractivity contribution in [2.75, 3.05) is 40.0 Å². The summed E-state index contributed by atoms with van der Waals surface area (Å²) in [6.45, 7) is 9.89. The quantitative estimate of drug-likeness (QED) is 0.515. The van der Waals surface area contributed by atoms with Crippen LogP contribution in [0.25, 0.3) is 0 Å². The minimum atomic E-state index is -0.170. The molecule has 0 saturated carbocycles. The van der Waals surface area contributed by atoms with Crippen LogP contribution < -0.4 is 4.74 Å². The predicted octanol–water partition coefficient (Wildman–Crippen LogP) is 4.39. The third kappa shape index (κ3) is 6.36. The Balaban J connectivity index is 1.78. The van der Waals surface area contributed by atoms with Gasteiger partial charge in [0.05, 0.1) is 12.6 Å². The average molecular weight is 473 g/mol. The molecule has 3 rings (SSSR count). The van der Waals surface area contributed by atoms with Gasteiger partial charge in [-0.25, -0.2) is 0 Å². The van der Waals surface area contributed by atoms with Crippen LogP contribution in [0.5, 0.6) is 5.75 Å². The second-order valence-corrected chi connectivity index (χ2v) is 9.95. The standard InChI is InChI=1S/C26H36N2O4S/c1-6-18(2)14-27(26(30)17-31-5)15-25(29)28-11-9-24-21(10-12-33-24)22(28)16-32-23-8-7-19(3)13-20(23)4/h7-8,10,12-13,18,22H,6,9,11,14-17H2,1-5H3. The summed E-state index contributed by atoms with van der Waals surface area (Å²) in [5.41, 5.74) is 3.43. The van der Waals surface area contributed by atoms with Crippen molar-refractivity contribution in [2.45, 2.75) is 46.6 Å². The first kappa shape index (κ1) is 25.2. The normalized spacial score (nSPS) is 16.3. The van der Waals surface area contributed by atoms with Crippen molar-refractivity contribution in [3.05, 3.63) is 51.2 Å². The van der Waals surface area contributed by atoms with Crippen LogP contribution in [0.3, 0.4) is 0 Å². The average Bonchev–Trinajstić information content (AvgIpc) is 3.27. The molecule has 0 radical (unpaired) electrons. The van der Waals surface area contributed by atoms with Gasteiger partial charge in [-0.1, -0.05) is 38.0 Å². The van der Waals surface area contributed by atoms with Gasteiger partial charge in [-0.05, 0) is 54.8 Å². The molecule has 2 atom stereocenters. The molecule has 33 heavy (non-hydrogen) atoms. The highest BCUT2D eigenvalue weighted by Crippen LogP contribution is 2.34. The lowest BCUT2D eigenvalue weighted by Gasteiger charge is -2.37. The van der Waals surface area contributed by atoms with E-state index in [4.69, 9.17) is 9.47 Å². The topological polar surface area (TPSA) is 59.1 Å². The molecule has 0 fully saturated rings. The Labute approximate surface area is 201 Å². The minimum Gasteiger partial charge on any atom is -0.491 e. The second kappa shape index (κ2) is 11.7. The van der Waals surface area contributed by atoms with Crippen molar-refractivity contribution < 1.29 is 19.1 Å². The number of methoxy groups -OCH3 is 1. The zero-order valence-corrected chi connectivity index (χ0v) is 21.2. The van der Waals surface area contributed by atoms with Crippen LogP contribution in [0.4, 0.5) is 0 Å². The van der Waals surface area contributed by atoms with E-state index in [0.717, 1.165) is 29.7 Å². The first-order chi connectivity index (χ1) is 15.8. The molecule has 7 heteroatoms. The van der Waals surface area contributed by atoms with Gasteiger partial charge in [0.1, 0.15) is 19.0 Å². The lowest BCUT2D eigenvalue weighted by atomic mass is 10.00. The van der Waals surface area contributed by atoms with E-state index in [2.05, 4.69) is 38.3 Å². The number of fused-ring (bicyclic) bond motifs is 1. The van der Waals surface area contributed by atoms with Crippen LogP contribution in [0.1, 0.15) is 47.9 Å². The fourth-order valence-electron chi connectivity index (χ4n) is 4.23. The molecule has 0 bridgehead atoms. The summed E-state index contributed by atoms with van der Waals surface area (Å²) in [5.74, 6) is 0.951. The first-order valence-corrected chi connectivity index (χ1v) is 12.5. The Morgan fingerprint density at radius 3 is 2.76 bits per heavy atom. The fraction of sp³-hybridized carbons (Fsp3) is 0.538. The maximum Gasteiger partial charge on any atom is 0.249 e. The highest BCUT2D eigenvalue weighted by molar-refractivity contribution is 7.10. The van der Waals surface area contributed by atoms with Crippen molar-refractivity contribution in [3.8, 4) is 5.75 Å². The summed E-state index contributed by atoms with van der Waals surface area (Å²) in [6.07, 6.45) is 1.77. The zero-order valence-electron chi connectivity index (χ0n) is 20.4. The summed E-state index contributed by atoms with van der Waals surface area (Å²) >= 11 is 1.73. The van der Waals surface area contributed by atoms with E-state index in [1.165, 1.54) is 17.6 Å². The molecule has 6 nitrogen and oxygen atoms in total. The number of ether oxygens (including phenoxy) is 2. The Morgan fingerprint density at radius 1 is 1.27 bits per heavy atom. The molecule has 2 unspecified atom stereocenters. The van der Waals surface area contributed by atoms with Crippen LogP contribution in [0.15, 0.2) is 29.6 Å². The SMILES string of the molecule is CCC(C)CN(CC(=O)N1CCc2sccc2C1COc1ccc(C)cc1C)C(=O)COC. The summed E-state index contributed by atoms with van der Waals surface area (Å²) < 4.78 is 11.3. The van der Waals surface area contributed by atoms with E-state index in [-0.39, 0.29) is 31.0 Å². The zero-order chi connectivity index (χ0) is 24.0. The van der Waals surface area contributed by atoms with Gasteiger partial charge in [-0.3, -0.25) is 9.59 Å². The first-order valence-electron chi connectivity index (χ1n) is 11.7. The molecule has 1 aliphatic rings. The third-order valence-corrected chi connectivity index (χ3v) is 7.31. The van der Waals surface area contributed by atoms with Crippen LogP contribution >= 0.6 is 11.3 Å². The van der Waals surface area contributed by atoms with Crippen LogP contribution in [-0.4, -0.2) is 61.6 Å². The molecule has 1 aromatic heterocycles. The Bertz CT molecular complexity index is 958. The summed E-state index contributed by atoms with van der Waals surface area (Å²) in [7, 11) is 1.50. The summed E-state index contributed by atoms with van der Waals surface area (Å²) in [6, 6.07) is 8.06. The summed E-state index contributed by atoms with van der Waals surface area (Å²) in [4.78, 5) is 31.0. The van der Waals surface area contributed by atoms with Gasteiger partial charge in [0.2, 0.25) is 11.8 Å². The smallest absolute Gasteiger partial charge is 0.249 e. The third-order valence-electron chi connectivity index (χ3n) is 6.32.